The van der Waals surface area contributed by atoms with Crippen molar-refractivity contribution in [1.29, 1.82) is 0 Å². The predicted octanol–water partition coefficient (Wildman–Crippen LogP) is 3.55. The number of fused-ring (bicyclic) bond motifs is 1. The lowest BCUT2D eigenvalue weighted by Crippen LogP contribution is -2.31. The average Bonchev–Trinajstić information content (AvgIpc) is 2.67. The van der Waals surface area contributed by atoms with Crippen molar-refractivity contribution in [2.75, 3.05) is 18.9 Å². The summed E-state index contributed by atoms with van der Waals surface area (Å²) in [6, 6.07) is 17.2. The highest BCUT2D eigenvalue weighted by Crippen LogP contribution is 2.31. The summed E-state index contributed by atoms with van der Waals surface area (Å²) in [6.07, 6.45) is 0. The minimum atomic E-state index is 0. The molecule has 2 aromatic carbocycles. The zero-order valence-electron chi connectivity index (χ0n) is 12.3. The monoisotopic (exact) mass is 301 g/mol. The van der Waals surface area contributed by atoms with Crippen LogP contribution < -0.4 is 10.6 Å². The number of nitrogens with zero attached hydrogens (tertiary/aromatic N) is 1. The topological polar surface area (TPSA) is 36.4 Å². The van der Waals surface area contributed by atoms with E-state index in [1.807, 2.05) is 0 Å². The van der Waals surface area contributed by atoms with Gasteiger partial charge in [0.25, 0.3) is 0 Å². The Kier molecular flexibility index (Phi) is 4.86. The molecule has 0 fully saturated rings. The molecule has 2 aromatic rings. The zero-order chi connectivity index (χ0) is 13.9. The molecular weight excluding hydrogens is 282 g/mol. The van der Waals surface area contributed by atoms with Gasteiger partial charge in [-0.3, -0.25) is 4.99 Å². The van der Waals surface area contributed by atoms with Crippen LogP contribution in [0.2, 0.25) is 0 Å². The highest BCUT2D eigenvalue weighted by Gasteiger charge is 2.21. The smallest absolute Gasteiger partial charge is 0.195 e. The third-order valence-electron chi connectivity index (χ3n) is 3.77. The van der Waals surface area contributed by atoms with Crippen molar-refractivity contribution in [3.63, 3.8) is 0 Å². The Morgan fingerprint density at radius 2 is 1.76 bits per heavy atom. The molecule has 21 heavy (non-hydrogen) atoms. The van der Waals surface area contributed by atoms with Crippen LogP contribution in [-0.4, -0.2) is 19.6 Å². The Labute approximate surface area is 131 Å². The summed E-state index contributed by atoms with van der Waals surface area (Å²) in [5.41, 5.74) is 5.05. The van der Waals surface area contributed by atoms with Crippen LogP contribution in [0.25, 0.3) is 0 Å². The Hall–Kier alpha value is -2.00. The van der Waals surface area contributed by atoms with Crippen LogP contribution in [0.4, 0.5) is 5.69 Å². The summed E-state index contributed by atoms with van der Waals surface area (Å²) < 4.78 is 0. The summed E-state index contributed by atoms with van der Waals surface area (Å²) in [5.74, 6) is 1.16. The predicted molar refractivity (Wildman–Crippen MR) is 91.7 cm³/mol. The molecule has 0 radical (unpaired) electrons. The van der Waals surface area contributed by atoms with Crippen molar-refractivity contribution in [2.45, 2.75) is 12.8 Å². The van der Waals surface area contributed by atoms with Crippen molar-refractivity contribution in [1.82, 2.24) is 5.32 Å². The van der Waals surface area contributed by atoms with Gasteiger partial charge >= 0.3 is 0 Å². The van der Waals surface area contributed by atoms with Crippen molar-refractivity contribution in [3.05, 3.63) is 65.2 Å². The van der Waals surface area contributed by atoms with Gasteiger partial charge in [0, 0.05) is 25.2 Å². The SMILES string of the molecule is CN=C1NCC(c2ccc(C)cc2)c2ccccc2N1.Cl. The number of benzene rings is 2. The fourth-order valence-corrected chi connectivity index (χ4v) is 2.63. The standard InChI is InChI=1S/C17H19N3.ClH/c1-12-7-9-13(10-8-12)15-11-19-17(18-2)20-16-6-4-3-5-14(15)16;/h3-10,15H,11H2,1-2H3,(H2,18,19,20);1H. The number of para-hydroxylation sites is 1. The van der Waals surface area contributed by atoms with Crippen molar-refractivity contribution < 1.29 is 0 Å². The van der Waals surface area contributed by atoms with E-state index in [2.05, 4.69) is 71.1 Å². The Bertz CT molecular complexity index is 635. The van der Waals surface area contributed by atoms with Crippen LogP contribution in [0.1, 0.15) is 22.6 Å². The quantitative estimate of drug-likeness (QED) is 0.845. The van der Waals surface area contributed by atoms with Gasteiger partial charge in [-0.1, -0.05) is 48.0 Å². The Balaban J connectivity index is 0.00000161. The molecule has 0 spiro atoms. The molecule has 3 nitrogen and oxygen atoms in total. The molecule has 1 unspecified atom stereocenters. The van der Waals surface area contributed by atoms with Crippen LogP contribution in [0.5, 0.6) is 0 Å². The first-order chi connectivity index (χ1) is 9.78. The van der Waals surface area contributed by atoms with E-state index in [1.165, 1.54) is 16.7 Å². The third-order valence-corrected chi connectivity index (χ3v) is 3.77. The van der Waals surface area contributed by atoms with Gasteiger partial charge in [-0.25, -0.2) is 0 Å². The number of guanidine groups is 1. The van der Waals surface area contributed by atoms with E-state index in [4.69, 9.17) is 0 Å². The molecule has 2 N–H and O–H groups in total. The van der Waals surface area contributed by atoms with Gasteiger partial charge in [0.15, 0.2) is 5.96 Å². The molecule has 110 valence electrons. The second kappa shape index (κ2) is 6.64. The van der Waals surface area contributed by atoms with Gasteiger partial charge in [0.1, 0.15) is 0 Å². The van der Waals surface area contributed by atoms with Crippen LogP contribution >= 0.6 is 12.4 Å². The number of aliphatic imine (C=N–C) groups is 1. The Morgan fingerprint density at radius 1 is 1.05 bits per heavy atom. The number of hydrogen-bond acceptors (Lipinski definition) is 1. The number of nitrogens with one attached hydrogen (secondary N) is 2. The van der Waals surface area contributed by atoms with E-state index in [0.29, 0.717) is 5.92 Å². The van der Waals surface area contributed by atoms with Gasteiger partial charge in [-0.2, -0.15) is 0 Å². The minimum Gasteiger partial charge on any atom is -0.355 e. The largest absolute Gasteiger partial charge is 0.355 e. The summed E-state index contributed by atoms with van der Waals surface area (Å²) in [7, 11) is 1.80. The lowest BCUT2D eigenvalue weighted by atomic mass is 9.90. The van der Waals surface area contributed by atoms with Crippen LogP contribution in [0, 0.1) is 6.92 Å². The first-order valence-corrected chi connectivity index (χ1v) is 6.91. The fourth-order valence-electron chi connectivity index (χ4n) is 2.63. The molecule has 0 aromatic heterocycles. The van der Waals surface area contributed by atoms with Crippen molar-refractivity contribution in [3.8, 4) is 0 Å². The van der Waals surface area contributed by atoms with E-state index >= 15 is 0 Å². The van der Waals surface area contributed by atoms with Gasteiger partial charge in [-0.15, -0.1) is 12.4 Å². The van der Waals surface area contributed by atoms with E-state index < -0.39 is 0 Å². The second-order valence-electron chi connectivity index (χ2n) is 5.13. The normalized spacial score (nSPS) is 18.8. The fraction of sp³-hybridized carbons (Fsp3) is 0.235. The first kappa shape index (κ1) is 15.4. The van der Waals surface area contributed by atoms with Crippen molar-refractivity contribution in [2.24, 2.45) is 4.99 Å². The summed E-state index contributed by atoms with van der Waals surface area (Å²) >= 11 is 0. The number of aryl methyl sites for hydroxylation is 1. The molecule has 0 bridgehead atoms. The van der Waals surface area contributed by atoms with E-state index in [9.17, 15) is 0 Å². The molecule has 0 amide bonds. The summed E-state index contributed by atoms with van der Waals surface area (Å²) in [6.45, 7) is 2.96. The molecular formula is C17H20ClN3. The number of hydrogen-bond donors (Lipinski definition) is 2. The summed E-state index contributed by atoms with van der Waals surface area (Å²) in [4.78, 5) is 4.24. The number of anilines is 1. The Morgan fingerprint density at radius 3 is 2.48 bits per heavy atom. The highest BCUT2D eigenvalue weighted by atomic mass is 35.5. The molecule has 1 aliphatic rings. The highest BCUT2D eigenvalue weighted by molar-refractivity contribution is 5.95. The molecule has 1 heterocycles. The van der Waals surface area contributed by atoms with Crippen LogP contribution in [0.15, 0.2) is 53.5 Å². The molecule has 0 saturated carbocycles. The van der Waals surface area contributed by atoms with Crippen LogP contribution in [0.3, 0.4) is 0 Å². The van der Waals surface area contributed by atoms with E-state index in [-0.39, 0.29) is 12.4 Å². The number of halogens is 1. The maximum Gasteiger partial charge on any atom is 0.195 e. The minimum absolute atomic E-state index is 0. The van der Waals surface area contributed by atoms with Gasteiger partial charge in [-0.05, 0) is 24.1 Å². The van der Waals surface area contributed by atoms with Gasteiger partial charge < -0.3 is 10.6 Å². The van der Waals surface area contributed by atoms with E-state index in [0.717, 1.165) is 18.2 Å². The molecule has 1 aliphatic heterocycles. The third kappa shape index (κ3) is 3.19. The summed E-state index contributed by atoms with van der Waals surface area (Å²) in [5, 5.41) is 6.74. The van der Waals surface area contributed by atoms with E-state index in [1.54, 1.807) is 7.05 Å². The lowest BCUT2D eigenvalue weighted by Gasteiger charge is -2.17. The lowest BCUT2D eigenvalue weighted by molar-refractivity contribution is 0.767. The molecule has 0 saturated heterocycles. The maximum absolute atomic E-state index is 4.24. The average molecular weight is 302 g/mol. The molecule has 1 atom stereocenters. The van der Waals surface area contributed by atoms with Gasteiger partial charge in [0.2, 0.25) is 0 Å². The maximum atomic E-state index is 4.24. The number of rotatable bonds is 1. The second-order valence-corrected chi connectivity index (χ2v) is 5.13. The van der Waals surface area contributed by atoms with Gasteiger partial charge in [0.05, 0.1) is 0 Å². The van der Waals surface area contributed by atoms with Crippen LogP contribution in [-0.2, 0) is 0 Å². The molecule has 3 rings (SSSR count). The van der Waals surface area contributed by atoms with Crippen molar-refractivity contribution >= 4 is 24.1 Å². The first-order valence-electron chi connectivity index (χ1n) is 6.91. The molecule has 4 heteroatoms. The molecule has 0 aliphatic carbocycles. The zero-order valence-corrected chi connectivity index (χ0v) is 13.1.